The van der Waals surface area contributed by atoms with Crippen molar-refractivity contribution in [1.82, 2.24) is 14.5 Å². The number of amides is 1. The fraction of sp³-hybridized carbons (Fsp3) is 0.529. The number of aromatic nitrogens is 2. The Morgan fingerprint density at radius 3 is 2.76 bits per heavy atom. The summed E-state index contributed by atoms with van der Waals surface area (Å²) in [6.07, 6.45) is -6.39. The van der Waals surface area contributed by atoms with Crippen LogP contribution in [0.1, 0.15) is 25.6 Å². The summed E-state index contributed by atoms with van der Waals surface area (Å²) in [6.45, 7) is 3.49. The molecule has 5 nitrogen and oxygen atoms in total. The van der Waals surface area contributed by atoms with E-state index in [-0.39, 0.29) is 31.5 Å². The van der Waals surface area contributed by atoms with Gasteiger partial charge in [-0.05, 0) is 12.1 Å². The van der Waals surface area contributed by atoms with E-state index in [0.717, 1.165) is 16.9 Å². The Morgan fingerprint density at radius 2 is 2.08 bits per heavy atom. The average molecular weight is 355 g/mol. The van der Waals surface area contributed by atoms with Crippen molar-refractivity contribution < 1.29 is 22.7 Å². The van der Waals surface area contributed by atoms with Gasteiger partial charge in [0.15, 0.2) is 6.10 Å². The molecule has 0 unspecified atom stereocenters. The molecule has 1 aliphatic rings. The van der Waals surface area contributed by atoms with E-state index in [4.69, 9.17) is 4.74 Å². The van der Waals surface area contributed by atoms with Gasteiger partial charge < -0.3 is 14.2 Å². The van der Waals surface area contributed by atoms with Gasteiger partial charge in [0.2, 0.25) is 5.91 Å². The van der Waals surface area contributed by atoms with Crippen LogP contribution in [0.3, 0.4) is 0 Å². The Hall–Kier alpha value is -2.09. The minimum absolute atomic E-state index is 0.0292. The van der Waals surface area contributed by atoms with E-state index < -0.39 is 18.8 Å². The Labute approximate surface area is 143 Å². The zero-order valence-electron chi connectivity index (χ0n) is 14.1. The smallest absolute Gasteiger partial charge is 0.365 e. The lowest BCUT2D eigenvalue weighted by Gasteiger charge is -2.34. The normalized spacial score (nSPS) is 19.0. The molecule has 0 N–H and O–H groups in total. The third-order valence-corrected chi connectivity index (χ3v) is 4.28. The minimum atomic E-state index is -4.47. The molecule has 0 radical (unpaired) electrons. The Morgan fingerprint density at radius 1 is 1.36 bits per heavy atom. The van der Waals surface area contributed by atoms with Gasteiger partial charge in [0.05, 0.1) is 24.2 Å². The van der Waals surface area contributed by atoms with Gasteiger partial charge in [0, 0.05) is 12.5 Å². The number of imidazole rings is 1. The lowest BCUT2D eigenvalue weighted by atomic mass is 10.2. The minimum Gasteiger partial charge on any atom is -0.365 e. The van der Waals surface area contributed by atoms with Gasteiger partial charge in [-0.1, -0.05) is 26.0 Å². The molecule has 1 saturated heterocycles. The van der Waals surface area contributed by atoms with Gasteiger partial charge >= 0.3 is 6.18 Å². The van der Waals surface area contributed by atoms with Crippen molar-refractivity contribution in [2.45, 2.75) is 38.6 Å². The maximum atomic E-state index is 12.9. The number of nitrogens with zero attached hydrogens (tertiary/aromatic N) is 3. The molecule has 136 valence electrons. The van der Waals surface area contributed by atoms with Gasteiger partial charge in [-0.2, -0.15) is 13.2 Å². The van der Waals surface area contributed by atoms with Crippen LogP contribution in [0.15, 0.2) is 24.3 Å². The molecule has 3 rings (SSSR count). The topological polar surface area (TPSA) is 47.4 Å². The molecule has 0 bridgehead atoms. The van der Waals surface area contributed by atoms with Crippen LogP contribution in [0.4, 0.5) is 13.2 Å². The fourth-order valence-electron chi connectivity index (χ4n) is 3.01. The molecule has 1 aliphatic heterocycles. The largest absolute Gasteiger partial charge is 0.416 e. The zero-order valence-corrected chi connectivity index (χ0v) is 14.1. The van der Waals surface area contributed by atoms with Crippen LogP contribution in [0, 0.1) is 0 Å². The molecule has 0 saturated carbocycles. The highest BCUT2D eigenvalue weighted by molar-refractivity contribution is 5.81. The molecule has 1 fully saturated rings. The maximum Gasteiger partial charge on any atom is 0.416 e. The Kier molecular flexibility index (Phi) is 4.73. The van der Waals surface area contributed by atoms with Crippen molar-refractivity contribution in [2.75, 3.05) is 19.7 Å². The number of hydrogen-bond acceptors (Lipinski definition) is 3. The fourth-order valence-corrected chi connectivity index (χ4v) is 3.01. The van der Waals surface area contributed by atoms with E-state index >= 15 is 0 Å². The third kappa shape index (κ3) is 3.63. The van der Waals surface area contributed by atoms with Crippen LogP contribution < -0.4 is 0 Å². The van der Waals surface area contributed by atoms with Crippen LogP contribution in [-0.2, 0) is 16.1 Å². The van der Waals surface area contributed by atoms with E-state index in [1.165, 1.54) is 4.90 Å². The van der Waals surface area contributed by atoms with Gasteiger partial charge in [-0.3, -0.25) is 4.79 Å². The SMILES string of the molecule is CC(C)c1nc2ccccc2n1CC(=O)N1CCO[C@@H](C(F)(F)F)C1. The van der Waals surface area contributed by atoms with Crippen LogP contribution in [0.5, 0.6) is 0 Å². The first-order valence-electron chi connectivity index (χ1n) is 8.18. The second-order valence-electron chi connectivity index (χ2n) is 6.44. The van der Waals surface area contributed by atoms with Crippen molar-refractivity contribution >= 4 is 16.9 Å². The first-order valence-corrected chi connectivity index (χ1v) is 8.18. The lowest BCUT2D eigenvalue weighted by Crippen LogP contribution is -2.51. The Balaban J connectivity index is 1.83. The number of fused-ring (bicyclic) bond motifs is 1. The van der Waals surface area contributed by atoms with E-state index in [2.05, 4.69) is 4.98 Å². The molecule has 2 heterocycles. The number of rotatable bonds is 3. The molecule has 0 spiro atoms. The van der Waals surface area contributed by atoms with Gasteiger partial charge in [0.1, 0.15) is 12.4 Å². The molecular weight excluding hydrogens is 335 g/mol. The summed E-state index contributed by atoms with van der Waals surface area (Å²) in [7, 11) is 0. The number of carbonyl (C=O) groups excluding carboxylic acids is 1. The summed E-state index contributed by atoms with van der Waals surface area (Å²) < 4.78 is 45.1. The van der Waals surface area contributed by atoms with E-state index in [0.29, 0.717) is 0 Å². The van der Waals surface area contributed by atoms with Crippen molar-refractivity contribution in [3.05, 3.63) is 30.1 Å². The molecular formula is C17H20F3N3O2. The number of alkyl halides is 3. The summed E-state index contributed by atoms with van der Waals surface area (Å²) in [5.41, 5.74) is 1.58. The van der Waals surface area contributed by atoms with Crippen molar-refractivity contribution in [1.29, 1.82) is 0 Å². The maximum absolute atomic E-state index is 12.9. The highest BCUT2D eigenvalue weighted by atomic mass is 19.4. The summed E-state index contributed by atoms with van der Waals surface area (Å²) in [5.74, 6) is 0.477. The van der Waals surface area contributed by atoms with E-state index in [9.17, 15) is 18.0 Å². The summed E-state index contributed by atoms with van der Waals surface area (Å²) in [4.78, 5) is 18.4. The monoisotopic (exact) mass is 355 g/mol. The van der Waals surface area contributed by atoms with Crippen LogP contribution >= 0.6 is 0 Å². The van der Waals surface area contributed by atoms with Crippen LogP contribution in [-0.4, -0.2) is 52.3 Å². The zero-order chi connectivity index (χ0) is 18.2. The number of carbonyl (C=O) groups is 1. The summed E-state index contributed by atoms with van der Waals surface area (Å²) >= 11 is 0. The molecule has 25 heavy (non-hydrogen) atoms. The molecule has 1 amide bonds. The summed E-state index contributed by atoms with van der Waals surface area (Å²) in [5, 5.41) is 0. The molecule has 8 heteroatoms. The van der Waals surface area contributed by atoms with Crippen LogP contribution in [0.25, 0.3) is 11.0 Å². The molecule has 1 aromatic carbocycles. The standard InChI is InChI=1S/C17H20F3N3O2/c1-11(2)16-21-12-5-3-4-6-13(12)23(16)10-15(24)22-7-8-25-14(9-22)17(18,19)20/h3-6,11,14H,7-10H2,1-2H3/t14-/m1/s1. The highest BCUT2D eigenvalue weighted by Gasteiger charge is 2.44. The van der Waals surface area contributed by atoms with Crippen molar-refractivity contribution in [3.63, 3.8) is 0 Å². The molecule has 2 aromatic rings. The number of para-hydroxylation sites is 2. The Bertz CT molecular complexity index is 770. The first-order chi connectivity index (χ1) is 11.8. The van der Waals surface area contributed by atoms with Gasteiger partial charge in [-0.15, -0.1) is 0 Å². The lowest BCUT2D eigenvalue weighted by molar-refractivity contribution is -0.236. The van der Waals surface area contributed by atoms with E-state index in [1.54, 1.807) is 4.57 Å². The van der Waals surface area contributed by atoms with E-state index in [1.807, 2.05) is 38.1 Å². The molecule has 0 aliphatic carbocycles. The quantitative estimate of drug-likeness (QED) is 0.851. The second-order valence-corrected chi connectivity index (χ2v) is 6.44. The number of benzene rings is 1. The molecule has 1 atom stereocenters. The predicted molar refractivity (Wildman–Crippen MR) is 86.2 cm³/mol. The number of hydrogen-bond donors (Lipinski definition) is 0. The third-order valence-electron chi connectivity index (χ3n) is 4.28. The number of halogens is 3. The van der Waals surface area contributed by atoms with Crippen LogP contribution in [0.2, 0.25) is 0 Å². The summed E-state index contributed by atoms with van der Waals surface area (Å²) in [6, 6.07) is 7.43. The number of morpholine rings is 1. The first kappa shape index (κ1) is 17.7. The second kappa shape index (κ2) is 6.67. The highest BCUT2D eigenvalue weighted by Crippen LogP contribution is 2.26. The van der Waals surface area contributed by atoms with Crippen molar-refractivity contribution in [3.8, 4) is 0 Å². The van der Waals surface area contributed by atoms with Crippen molar-refractivity contribution in [2.24, 2.45) is 0 Å². The molecule has 1 aromatic heterocycles. The average Bonchev–Trinajstić information content (AvgIpc) is 2.93. The van der Waals surface area contributed by atoms with Gasteiger partial charge in [0.25, 0.3) is 0 Å². The number of ether oxygens (including phenoxy) is 1. The predicted octanol–water partition coefficient (Wildman–Crippen LogP) is 2.95. The van der Waals surface area contributed by atoms with Gasteiger partial charge in [-0.25, -0.2) is 4.98 Å².